The van der Waals surface area contributed by atoms with Crippen LogP contribution >= 0.6 is 0 Å². The summed E-state index contributed by atoms with van der Waals surface area (Å²) in [6.07, 6.45) is 10.8. The van der Waals surface area contributed by atoms with Gasteiger partial charge in [0.1, 0.15) is 11.4 Å². The number of carbonyl (C=O) groups is 1. The van der Waals surface area contributed by atoms with Crippen LogP contribution in [-0.2, 0) is 12.8 Å². The third-order valence-corrected chi connectivity index (χ3v) is 7.41. The van der Waals surface area contributed by atoms with Crippen LogP contribution < -0.4 is 16.0 Å². The Labute approximate surface area is 188 Å². The van der Waals surface area contributed by atoms with Gasteiger partial charge in [-0.1, -0.05) is 18.9 Å². The monoisotopic (exact) mass is 430 g/mol. The number of hydrogen-bond acceptors (Lipinski definition) is 4. The van der Waals surface area contributed by atoms with Gasteiger partial charge in [-0.25, -0.2) is 9.78 Å². The van der Waals surface area contributed by atoms with E-state index in [0.717, 1.165) is 55.1 Å². The molecule has 0 bridgehead atoms. The van der Waals surface area contributed by atoms with E-state index < -0.39 is 5.54 Å². The van der Waals surface area contributed by atoms with E-state index in [9.17, 15) is 4.79 Å². The molecule has 0 radical (unpaired) electrons. The molecule has 3 N–H and O–H groups in total. The summed E-state index contributed by atoms with van der Waals surface area (Å²) < 4.78 is 0. The summed E-state index contributed by atoms with van der Waals surface area (Å²) in [7, 11) is 0. The quantitative estimate of drug-likeness (QED) is 0.659. The second-order valence-corrected chi connectivity index (χ2v) is 9.59. The lowest BCUT2D eigenvalue weighted by atomic mass is 9.93. The number of aliphatic imine (C=N–C) groups is 1. The van der Waals surface area contributed by atoms with Gasteiger partial charge in [0.15, 0.2) is 5.82 Å². The van der Waals surface area contributed by atoms with Crippen LogP contribution in [0.1, 0.15) is 49.7 Å². The molecule has 3 heterocycles. The van der Waals surface area contributed by atoms with Crippen molar-refractivity contribution in [1.29, 1.82) is 0 Å². The smallest absolute Gasteiger partial charge is 0.321 e. The highest BCUT2D eigenvalue weighted by atomic mass is 16.2. The Morgan fingerprint density at radius 2 is 2.03 bits per heavy atom. The highest BCUT2D eigenvalue weighted by Crippen LogP contribution is 2.36. The molecule has 7 nitrogen and oxygen atoms in total. The van der Waals surface area contributed by atoms with Crippen molar-refractivity contribution in [2.45, 2.75) is 62.9 Å². The third-order valence-electron chi connectivity index (χ3n) is 7.41. The number of amides is 2. The fourth-order valence-corrected chi connectivity index (χ4v) is 5.66. The number of benzene rings is 1. The number of rotatable bonds is 2. The average molecular weight is 431 g/mol. The molecular weight excluding hydrogens is 400 g/mol. The van der Waals surface area contributed by atoms with Crippen LogP contribution in [-0.4, -0.2) is 46.4 Å². The number of anilines is 3. The summed E-state index contributed by atoms with van der Waals surface area (Å²) in [5.74, 6) is 1.75. The van der Waals surface area contributed by atoms with Gasteiger partial charge in [-0.15, -0.1) is 0 Å². The van der Waals surface area contributed by atoms with Gasteiger partial charge in [0.05, 0.1) is 18.3 Å². The number of aryl methyl sites for hydroxylation is 2. The van der Waals surface area contributed by atoms with Crippen LogP contribution in [0.3, 0.4) is 0 Å². The Balaban J connectivity index is 1.23. The fourth-order valence-electron chi connectivity index (χ4n) is 5.66. The zero-order chi connectivity index (χ0) is 21.5. The molecule has 1 atom stereocenters. The van der Waals surface area contributed by atoms with E-state index >= 15 is 0 Å². The molecule has 6 rings (SSSR count). The van der Waals surface area contributed by atoms with E-state index in [1.54, 1.807) is 6.20 Å². The molecule has 1 aromatic heterocycles. The Bertz CT molecular complexity index is 1080. The maximum atomic E-state index is 13.2. The highest BCUT2D eigenvalue weighted by Gasteiger charge is 2.47. The molecule has 1 spiro atoms. The van der Waals surface area contributed by atoms with Crippen molar-refractivity contribution in [2.75, 3.05) is 29.0 Å². The first-order chi connectivity index (χ1) is 15.7. The number of urea groups is 1. The van der Waals surface area contributed by atoms with Crippen molar-refractivity contribution < 1.29 is 4.79 Å². The lowest BCUT2D eigenvalue weighted by Crippen LogP contribution is -2.55. The Hall–Kier alpha value is -3.09. The SMILES string of the molecule is O=C(Nc1ccc2c(c1)CCC2)N1CCC2(C1)Nc1cccnc1NC2=NC1CCCC1. The normalized spacial score (nSPS) is 25.5. The van der Waals surface area contributed by atoms with Gasteiger partial charge in [0.2, 0.25) is 0 Å². The topological polar surface area (TPSA) is 81.7 Å². The second-order valence-electron chi connectivity index (χ2n) is 9.59. The molecule has 2 aliphatic heterocycles. The third kappa shape index (κ3) is 3.49. The molecule has 2 aromatic rings. The van der Waals surface area contributed by atoms with Crippen molar-refractivity contribution >= 4 is 29.1 Å². The number of nitrogens with one attached hydrogen (secondary N) is 3. The highest BCUT2D eigenvalue weighted by molar-refractivity contribution is 6.09. The van der Waals surface area contributed by atoms with Crippen molar-refractivity contribution in [3.63, 3.8) is 0 Å². The summed E-state index contributed by atoms with van der Waals surface area (Å²) in [5.41, 5.74) is 4.25. The van der Waals surface area contributed by atoms with Crippen LogP contribution in [0.25, 0.3) is 0 Å². The molecule has 32 heavy (non-hydrogen) atoms. The molecular formula is C25H30N6O. The van der Waals surface area contributed by atoms with Crippen molar-refractivity contribution in [3.8, 4) is 0 Å². The molecule has 1 saturated heterocycles. The van der Waals surface area contributed by atoms with Gasteiger partial charge < -0.3 is 20.9 Å². The average Bonchev–Trinajstić information content (AvgIpc) is 3.55. The van der Waals surface area contributed by atoms with Crippen LogP contribution in [0.2, 0.25) is 0 Å². The number of likely N-dealkylation sites (tertiary alicyclic amines) is 1. The van der Waals surface area contributed by atoms with Crippen LogP contribution in [0.5, 0.6) is 0 Å². The van der Waals surface area contributed by atoms with E-state index in [2.05, 4.69) is 33.1 Å². The largest absolute Gasteiger partial charge is 0.368 e. The summed E-state index contributed by atoms with van der Waals surface area (Å²) in [5, 5.41) is 10.3. The molecule has 166 valence electrons. The first-order valence-corrected chi connectivity index (χ1v) is 11.9. The standard InChI is InChI=1S/C25H30N6O/c32-24(28-20-11-10-17-5-3-6-18(17)15-20)31-14-12-25(16-31)23(27-19-7-1-2-8-19)29-22-21(30-25)9-4-13-26-22/h4,9-11,13,15,19,30H,1-3,5-8,12,14,16H2,(H,28,32)(H,26,27,29). The summed E-state index contributed by atoms with van der Waals surface area (Å²) in [6.45, 7) is 1.27. The number of fused-ring (bicyclic) bond motifs is 2. The molecule has 1 unspecified atom stereocenters. The van der Waals surface area contributed by atoms with Gasteiger partial charge in [-0.05, 0) is 73.9 Å². The predicted molar refractivity (Wildman–Crippen MR) is 128 cm³/mol. The van der Waals surface area contributed by atoms with E-state index in [0.29, 0.717) is 19.1 Å². The van der Waals surface area contributed by atoms with Crippen molar-refractivity contribution in [3.05, 3.63) is 47.7 Å². The molecule has 2 aliphatic carbocycles. The maximum absolute atomic E-state index is 13.2. The van der Waals surface area contributed by atoms with Gasteiger partial charge in [-0.2, -0.15) is 0 Å². The van der Waals surface area contributed by atoms with Crippen molar-refractivity contribution in [1.82, 2.24) is 9.88 Å². The van der Waals surface area contributed by atoms with Crippen LogP contribution in [0, 0.1) is 0 Å². The minimum absolute atomic E-state index is 0.0428. The zero-order valence-corrected chi connectivity index (χ0v) is 18.4. The Kier molecular flexibility index (Phi) is 4.77. The minimum Gasteiger partial charge on any atom is -0.368 e. The number of aromatic nitrogens is 1. The molecule has 1 aromatic carbocycles. The first kappa shape index (κ1) is 19.6. The molecule has 2 amide bonds. The Morgan fingerprint density at radius 3 is 2.94 bits per heavy atom. The van der Waals surface area contributed by atoms with Crippen molar-refractivity contribution in [2.24, 2.45) is 4.99 Å². The number of amidine groups is 1. The van der Waals surface area contributed by atoms with Crippen LogP contribution in [0.15, 0.2) is 41.5 Å². The Morgan fingerprint density at radius 1 is 1.16 bits per heavy atom. The first-order valence-electron chi connectivity index (χ1n) is 11.9. The summed E-state index contributed by atoms with van der Waals surface area (Å²) in [6, 6.07) is 10.6. The number of pyridine rings is 1. The lowest BCUT2D eigenvalue weighted by molar-refractivity contribution is 0.221. The molecule has 4 aliphatic rings. The van der Waals surface area contributed by atoms with Crippen LogP contribution in [0.4, 0.5) is 22.0 Å². The zero-order valence-electron chi connectivity index (χ0n) is 18.4. The second kappa shape index (κ2) is 7.80. The molecule has 1 saturated carbocycles. The number of carbonyl (C=O) groups excluding carboxylic acids is 1. The number of nitrogens with zero attached hydrogens (tertiary/aromatic N) is 3. The van der Waals surface area contributed by atoms with Gasteiger partial charge in [-0.3, -0.25) is 4.99 Å². The van der Waals surface area contributed by atoms with Gasteiger partial charge >= 0.3 is 6.03 Å². The fraction of sp³-hybridized carbons (Fsp3) is 0.480. The lowest BCUT2D eigenvalue weighted by Gasteiger charge is -2.38. The van der Waals surface area contributed by atoms with E-state index in [1.807, 2.05) is 23.1 Å². The molecule has 7 heteroatoms. The molecule has 2 fully saturated rings. The van der Waals surface area contributed by atoms with Gasteiger partial charge in [0, 0.05) is 18.4 Å². The minimum atomic E-state index is -0.395. The predicted octanol–water partition coefficient (Wildman–Crippen LogP) is 4.43. The maximum Gasteiger partial charge on any atom is 0.321 e. The van der Waals surface area contributed by atoms with E-state index in [-0.39, 0.29) is 6.03 Å². The van der Waals surface area contributed by atoms with E-state index in [1.165, 1.54) is 30.4 Å². The summed E-state index contributed by atoms with van der Waals surface area (Å²) >= 11 is 0. The van der Waals surface area contributed by atoms with Gasteiger partial charge in [0.25, 0.3) is 0 Å². The van der Waals surface area contributed by atoms with E-state index in [4.69, 9.17) is 4.99 Å². The summed E-state index contributed by atoms with van der Waals surface area (Å²) in [4.78, 5) is 24.7. The number of hydrogen-bond donors (Lipinski definition) is 3.